The van der Waals surface area contributed by atoms with Crippen molar-refractivity contribution in [1.82, 2.24) is 14.5 Å². The number of aryl methyl sites for hydroxylation is 2. The molecule has 1 amide bonds. The van der Waals surface area contributed by atoms with E-state index in [1.165, 1.54) is 11.3 Å². The van der Waals surface area contributed by atoms with Crippen LogP contribution in [0.15, 0.2) is 35.1 Å². The molecule has 4 rings (SSSR count). The number of thiophene rings is 1. The molecule has 0 N–H and O–H groups in total. The summed E-state index contributed by atoms with van der Waals surface area (Å²) in [5.41, 5.74) is 1.85. The highest BCUT2D eigenvalue weighted by molar-refractivity contribution is 7.20. The first-order chi connectivity index (χ1) is 13.1. The number of benzene rings is 1. The molecule has 0 bridgehead atoms. The lowest BCUT2D eigenvalue weighted by atomic mass is 10.1. The third kappa shape index (κ3) is 3.30. The molecular weight excluding hydrogens is 358 g/mol. The molecule has 5 nitrogen and oxygen atoms in total. The first-order valence-corrected chi connectivity index (χ1v) is 10.2. The minimum absolute atomic E-state index is 0.00964. The van der Waals surface area contributed by atoms with Gasteiger partial charge in [0.1, 0.15) is 10.7 Å². The molecule has 0 saturated carbocycles. The van der Waals surface area contributed by atoms with Crippen molar-refractivity contribution in [3.05, 3.63) is 62.5 Å². The lowest BCUT2D eigenvalue weighted by molar-refractivity contribution is 0.0789. The predicted octanol–water partition coefficient (Wildman–Crippen LogP) is 3.77. The van der Waals surface area contributed by atoms with Gasteiger partial charge in [-0.15, -0.1) is 11.3 Å². The number of hydrogen-bond donors (Lipinski definition) is 0. The van der Waals surface area contributed by atoms with Crippen LogP contribution in [0, 0.1) is 6.92 Å². The maximum atomic E-state index is 13.0. The SMILES string of the molecule is Cc1c(C(=O)N(C)Cc2ccccc2)sc2nc3n(c(=O)c12)CCCCC3. The van der Waals surface area contributed by atoms with Crippen LogP contribution in [-0.4, -0.2) is 27.4 Å². The van der Waals surface area contributed by atoms with Crippen LogP contribution < -0.4 is 5.56 Å². The predicted molar refractivity (Wildman–Crippen MR) is 108 cm³/mol. The third-order valence-corrected chi connectivity index (χ3v) is 6.39. The Balaban J connectivity index is 1.72. The number of amides is 1. The molecule has 0 fully saturated rings. The van der Waals surface area contributed by atoms with Crippen molar-refractivity contribution in [2.75, 3.05) is 7.05 Å². The molecule has 1 aliphatic rings. The molecule has 27 heavy (non-hydrogen) atoms. The van der Waals surface area contributed by atoms with Gasteiger partial charge in [0.25, 0.3) is 11.5 Å². The van der Waals surface area contributed by atoms with Crippen molar-refractivity contribution in [3.8, 4) is 0 Å². The van der Waals surface area contributed by atoms with Crippen LogP contribution in [0.1, 0.15) is 45.9 Å². The summed E-state index contributed by atoms with van der Waals surface area (Å²) in [4.78, 5) is 33.8. The largest absolute Gasteiger partial charge is 0.337 e. The summed E-state index contributed by atoms with van der Waals surface area (Å²) in [6, 6.07) is 9.91. The summed E-state index contributed by atoms with van der Waals surface area (Å²) in [6.07, 6.45) is 4.03. The van der Waals surface area contributed by atoms with Gasteiger partial charge in [0.05, 0.1) is 10.3 Å². The van der Waals surface area contributed by atoms with E-state index in [4.69, 9.17) is 4.98 Å². The summed E-state index contributed by atoms with van der Waals surface area (Å²) in [5, 5.41) is 0.613. The lowest BCUT2D eigenvalue weighted by Crippen LogP contribution is -2.26. The zero-order valence-electron chi connectivity index (χ0n) is 15.7. The Bertz CT molecular complexity index is 1050. The van der Waals surface area contributed by atoms with Gasteiger partial charge in [-0.25, -0.2) is 4.98 Å². The Morgan fingerprint density at radius 2 is 2.00 bits per heavy atom. The Morgan fingerprint density at radius 1 is 1.22 bits per heavy atom. The average Bonchev–Trinajstić information content (AvgIpc) is 2.84. The normalized spacial score (nSPS) is 14.0. The fourth-order valence-corrected chi connectivity index (χ4v) is 4.90. The molecule has 2 aromatic heterocycles. The van der Waals surface area contributed by atoms with Crippen LogP contribution in [0.4, 0.5) is 0 Å². The molecular formula is C21H23N3O2S. The fourth-order valence-electron chi connectivity index (χ4n) is 3.72. The van der Waals surface area contributed by atoms with Crippen molar-refractivity contribution in [3.63, 3.8) is 0 Å². The Kier molecular flexibility index (Phi) is 4.83. The van der Waals surface area contributed by atoms with Crippen LogP contribution in [0.2, 0.25) is 0 Å². The fraction of sp³-hybridized carbons (Fsp3) is 0.381. The Hall–Kier alpha value is -2.47. The molecule has 0 saturated heterocycles. The van der Waals surface area contributed by atoms with Gasteiger partial charge >= 0.3 is 0 Å². The van der Waals surface area contributed by atoms with Crippen molar-refractivity contribution in [2.24, 2.45) is 0 Å². The van der Waals surface area contributed by atoms with E-state index in [1.54, 1.807) is 11.9 Å². The summed E-state index contributed by atoms with van der Waals surface area (Å²) in [5.74, 6) is 0.807. The number of nitrogens with zero attached hydrogens (tertiary/aromatic N) is 3. The van der Waals surface area contributed by atoms with E-state index in [0.717, 1.165) is 49.2 Å². The molecule has 0 spiro atoms. The van der Waals surface area contributed by atoms with Crippen LogP contribution in [0.3, 0.4) is 0 Å². The lowest BCUT2D eigenvalue weighted by Gasteiger charge is -2.16. The van der Waals surface area contributed by atoms with Crippen molar-refractivity contribution in [2.45, 2.75) is 45.7 Å². The van der Waals surface area contributed by atoms with Gasteiger partial charge in [0, 0.05) is 26.6 Å². The summed E-state index contributed by atoms with van der Waals surface area (Å²) >= 11 is 1.35. The van der Waals surface area contributed by atoms with E-state index in [9.17, 15) is 9.59 Å². The topological polar surface area (TPSA) is 55.2 Å². The van der Waals surface area contributed by atoms with Gasteiger partial charge in [-0.3, -0.25) is 14.2 Å². The second kappa shape index (κ2) is 7.27. The third-order valence-electron chi connectivity index (χ3n) is 5.21. The zero-order chi connectivity index (χ0) is 19.0. The molecule has 0 radical (unpaired) electrons. The first kappa shape index (κ1) is 17.9. The van der Waals surface area contributed by atoms with E-state index in [1.807, 2.05) is 41.8 Å². The highest BCUT2D eigenvalue weighted by Crippen LogP contribution is 2.29. The minimum Gasteiger partial charge on any atom is -0.337 e. The number of rotatable bonds is 3. The van der Waals surface area contributed by atoms with E-state index in [2.05, 4.69) is 0 Å². The van der Waals surface area contributed by atoms with E-state index < -0.39 is 0 Å². The van der Waals surface area contributed by atoms with Crippen LogP contribution in [-0.2, 0) is 19.5 Å². The second-order valence-corrected chi connectivity index (χ2v) is 8.18. The highest BCUT2D eigenvalue weighted by Gasteiger charge is 2.24. The maximum absolute atomic E-state index is 13.0. The van der Waals surface area contributed by atoms with E-state index >= 15 is 0 Å². The monoisotopic (exact) mass is 381 g/mol. The zero-order valence-corrected chi connectivity index (χ0v) is 16.5. The maximum Gasteiger partial charge on any atom is 0.264 e. The Labute approximate surface area is 162 Å². The standard InChI is InChI=1S/C21H23N3O2S/c1-14-17-19(22-16-11-7-4-8-12-24(16)20(17)25)27-18(14)21(26)23(2)13-15-9-5-3-6-10-15/h3,5-6,9-10H,4,7-8,11-13H2,1-2H3. The molecule has 0 atom stereocenters. The summed E-state index contributed by atoms with van der Waals surface area (Å²) < 4.78 is 1.82. The van der Waals surface area contributed by atoms with Crippen LogP contribution in [0.25, 0.3) is 10.2 Å². The molecule has 140 valence electrons. The minimum atomic E-state index is -0.0565. The number of hydrogen-bond acceptors (Lipinski definition) is 4. The van der Waals surface area contributed by atoms with Gasteiger partial charge < -0.3 is 4.90 Å². The van der Waals surface area contributed by atoms with Gasteiger partial charge in [0.15, 0.2) is 0 Å². The summed E-state index contributed by atoms with van der Waals surface area (Å²) in [7, 11) is 1.80. The van der Waals surface area contributed by atoms with Gasteiger partial charge in [0.2, 0.25) is 0 Å². The van der Waals surface area contributed by atoms with Crippen molar-refractivity contribution >= 4 is 27.5 Å². The molecule has 6 heteroatoms. The van der Waals surface area contributed by atoms with E-state index in [-0.39, 0.29) is 11.5 Å². The van der Waals surface area contributed by atoms with Crippen molar-refractivity contribution < 1.29 is 4.79 Å². The number of aromatic nitrogens is 2. The van der Waals surface area contributed by atoms with Gasteiger partial charge in [-0.05, 0) is 30.9 Å². The molecule has 1 aliphatic heterocycles. The number of carbonyl (C=O) groups is 1. The average molecular weight is 382 g/mol. The molecule has 0 unspecified atom stereocenters. The highest BCUT2D eigenvalue weighted by atomic mass is 32.1. The van der Waals surface area contributed by atoms with Crippen LogP contribution >= 0.6 is 11.3 Å². The van der Waals surface area contributed by atoms with Gasteiger partial charge in [-0.1, -0.05) is 36.8 Å². The number of fused-ring (bicyclic) bond motifs is 2. The quantitative estimate of drug-likeness (QED) is 0.694. The molecule has 3 heterocycles. The Morgan fingerprint density at radius 3 is 2.78 bits per heavy atom. The van der Waals surface area contributed by atoms with E-state index in [0.29, 0.717) is 21.6 Å². The van der Waals surface area contributed by atoms with Gasteiger partial charge in [-0.2, -0.15) is 0 Å². The van der Waals surface area contributed by atoms with Crippen LogP contribution in [0.5, 0.6) is 0 Å². The smallest absolute Gasteiger partial charge is 0.264 e. The van der Waals surface area contributed by atoms with Crippen molar-refractivity contribution in [1.29, 1.82) is 0 Å². The number of carbonyl (C=O) groups excluding carboxylic acids is 1. The first-order valence-electron chi connectivity index (χ1n) is 9.38. The second-order valence-electron chi connectivity index (χ2n) is 7.18. The molecule has 3 aromatic rings. The molecule has 0 aliphatic carbocycles. The molecule has 1 aromatic carbocycles. The summed E-state index contributed by atoms with van der Waals surface area (Å²) in [6.45, 7) is 3.13.